The number of hydrogen-bond acceptors (Lipinski definition) is 5. The summed E-state index contributed by atoms with van der Waals surface area (Å²) in [5.41, 5.74) is 1.28. The highest BCUT2D eigenvalue weighted by molar-refractivity contribution is 5.90. The number of benzene rings is 1. The summed E-state index contributed by atoms with van der Waals surface area (Å²) in [6, 6.07) is 9.22. The second kappa shape index (κ2) is 6.84. The molecule has 1 N–H and O–H groups in total. The number of hydrogen-bond donors (Lipinski definition) is 1. The third kappa shape index (κ3) is 3.91. The summed E-state index contributed by atoms with van der Waals surface area (Å²) >= 11 is 0. The molecule has 0 spiro atoms. The van der Waals surface area contributed by atoms with Gasteiger partial charge in [-0.1, -0.05) is 18.2 Å². The van der Waals surface area contributed by atoms with E-state index in [1.807, 2.05) is 44.2 Å². The summed E-state index contributed by atoms with van der Waals surface area (Å²) < 4.78 is 4.95. The number of carbonyl (C=O) groups is 2. The second-order valence-corrected chi connectivity index (χ2v) is 5.06. The molecule has 2 rings (SSSR count). The van der Waals surface area contributed by atoms with Crippen LogP contribution in [0.2, 0.25) is 0 Å². The SMILES string of the molecule is Cc1nn(-c2ccccc2)nc1C(=O)OCC(=O)NC(C)C. The van der Waals surface area contributed by atoms with Crippen molar-refractivity contribution >= 4 is 11.9 Å². The first-order valence-corrected chi connectivity index (χ1v) is 6.93. The minimum atomic E-state index is -0.668. The Morgan fingerprint density at radius 2 is 1.91 bits per heavy atom. The summed E-state index contributed by atoms with van der Waals surface area (Å²) in [6.07, 6.45) is 0. The normalized spacial score (nSPS) is 10.5. The van der Waals surface area contributed by atoms with E-state index in [0.717, 1.165) is 5.69 Å². The van der Waals surface area contributed by atoms with Crippen LogP contribution in [0.5, 0.6) is 0 Å². The number of carbonyl (C=O) groups excluding carboxylic acids is 2. The maximum absolute atomic E-state index is 12.0. The van der Waals surface area contributed by atoms with Gasteiger partial charge in [-0.25, -0.2) is 4.79 Å². The molecular formula is C15H18N4O3. The Kier molecular flexibility index (Phi) is 4.88. The molecule has 1 aromatic heterocycles. The highest BCUT2D eigenvalue weighted by atomic mass is 16.5. The van der Waals surface area contributed by atoms with E-state index in [0.29, 0.717) is 5.69 Å². The summed E-state index contributed by atoms with van der Waals surface area (Å²) in [5, 5.41) is 10.9. The third-order valence-corrected chi connectivity index (χ3v) is 2.75. The van der Waals surface area contributed by atoms with Crippen molar-refractivity contribution in [3.8, 4) is 5.69 Å². The quantitative estimate of drug-likeness (QED) is 0.840. The molecule has 1 aromatic carbocycles. The molecule has 7 nitrogen and oxygen atoms in total. The summed E-state index contributed by atoms with van der Waals surface area (Å²) in [5.74, 6) is -1.02. The third-order valence-electron chi connectivity index (χ3n) is 2.75. The molecule has 0 saturated carbocycles. The first-order valence-electron chi connectivity index (χ1n) is 6.93. The molecule has 2 aromatic rings. The van der Waals surface area contributed by atoms with Gasteiger partial charge in [-0.05, 0) is 32.9 Å². The van der Waals surface area contributed by atoms with Crippen LogP contribution in [-0.4, -0.2) is 39.5 Å². The molecule has 0 aliphatic heterocycles. The Labute approximate surface area is 128 Å². The smallest absolute Gasteiger partial charge is 0.361 e. The largest absolute Gasteiger partial charge is 0.451 e. The lowest BCUT2D eigenvalue weighted by atomic mass is 10.3. The molecule has 0 unspecified atom stereocenters. The van der Waals surface area contributed by atoms with Gasteiger partial charge in [-0.15, -0.1) is 5.10 Å². The van der Waals surface area contributed by atoms with Crippen LogP contribution in [0, 0.1) is 6.92 Å². The molecule has 0 aliphatic carbocycles. The number of para-hydroxylation sites is 1. The van der Waals surface area contributed by atoms with E-state index in [4.69, 9.17) is 4.74 Å². The number of amides is 1. The highest BCUT2D eigenvalue weighted by Gasteiger charge is 2.19. The molecule has 1 amide bonds. The van der Waals surface area contributed by atoms with Gasteiger partial charge in [0.1, 0.15) is 0 Å². The maximum Gasteiger partial charge on any atom is 0.361 e. The van der Waals surface area contributed by atoms with E-state index in [1.165, 1.54) is 4.80 Å². The number of rotatable bonds is 5. The zero-order valence-corrected chi connectivity index (χ0v) is 12.7. The molecule has 1 heterocycles. The van der Waals surface area contributed by atoms with Crippen molar-refractivity contribution in [1.82, 2.24) is 20.3 Å². The number of aromatic nitrogens is 3. The van der Waals surface area contributed by atoms with Crippen molar-refractivity contribution < 1.29 is 14.3 Å². The van der Waals surface area contributed by atoms with Gasteiger partial charge in [-0.2, -0.15) is 9.90 Å². The zero-order valence-electron chi connectivity index (χ0n) is 12.7. The minimum absolute atomic E-state index is 0.00751. The molecule has 0 saturated heterocycles. The Balaban J connectivity index is 2.05. The van der Waals surface area contributed by atoms with Gasteiger partial charge in [0.15, 0.2) is 12.3 Å². The molecule has 116 valence electrons. The van der Waals surface area contributed by atoms with E-state index in [-0.39, 0.29) is 24.2 Å². The number of ether oxygens (including phenoxy) is 1. The number of nitrogens with one attached hydrogen (secondary N) is 1. The van der Waals surface area contributed by atoms with Crippen LogP contribution in [0.25, 0.3) is 5.69 Å². The topological polar surface area (TPSA) is 86.1 Å². The molecule has 22 heavy (non-hydrogen) atoms. The number of esters is 1. The van der Waals surface area contributed by atoms with Crippen LogP contribution in [-0.2, 0) is 9.53 Å². The van der Waals surface area contributed by atoms with Crippen LogP contribution in [0.1, 0.15) is 30.0 Å². The highest BCUT2D eigenvalue weighted by Crippen LogP contribution is 2.09. The van der Waals surface area contributed by atoms with Crippen LogP contribution in [0.15, 0.2) is 30.3 Å². The van der Waals surface area contributed by atoms with Crippen molar-refractivity contribution in [3.05, 3.63) is 41.7 Å². The average Bonchev–Trinajstić information content (AvgIpc) is 2.87. The van der Waals surface area contributed by atoms with Crippen molar-refractivity contribution in [2.24, 2.45) is 0 Å². The van der Waals surface area contributed by atoms with E-state index < -0.39 is 5.97 Å². The fourth-order valence-electron chi connectivity index (χ4n) is 1.81. The molecule has 0 atom stereocenters. The number of nitrogens with zero attached hydrogens (tertiary/aromatic N) is 3. The van der Waals surface area contributed by atoms with Gasteiger partial charge < -0.3 is 10.1 Å². The lowest BCUT2D eigenvalue weighted by molar-refractivity contribution is -0.124. The lowest BCUT2D eigenvalue weighted by Crippen LogP contribution is -2.34. The van der Waals surface area contributed by atoms with Gasteiger partial charge in [0, 0.05) is 6.04 Å². The standard InChI is InChI=1S/C15H18N4O3/c1-10(2)16-13(20)9-22-15(21)14-11(3)17-19(18-14)12-7-5-4-6-8-12/h4-8,10H,9H2,1-3H3,(H,16,20). The summed E-state index contributed by atoms with van der Waals surface area (Å²) in [7, 11) is 0. The molecule has 7 heteroatoms. The fourth-order valence-corrected chi connectivity index (χ4v) is 1.81. The molecule has 0 radical (unpaired) electrons. The Morgan fingerprint density at radius 3 is 2.55 bits per heavy atom. The Morgan fingerprint density at radius 1 is 1.23 bits per heavy atom. The van der Waals surface area contributed by atoms with E-state index in [9.17, 15) is 9.59 Å². The van der Waals surface area contributed by atoms with E-state index in [2.05, 4.69) is 15.5 Å². The Bertz CT molecular complexity index is 665. The molecular weight excluding hydrogens is 284 g/mol. The van der Waals surface area contributed by atoms with Gasteiger partial charge in [0.25, 0.3) is 5.91 Å². The summed E-state index contributed by atoms with van der Waals surface area (Å²) in [4.78, 5) is 24.8. The van der Waals surface area contributed by atoms with Crippen molar-refractivity contribution in [1.29, 1.82) is 0 Å². The van der Waals surface area contributed by atoms with Crippen LogP contribution in [0.3, 0.4) is 0 Å². The van der Waals surface area contributed by atoms with Gasteiger partial charge in [0.2, 0.25) is 0 Å². The van der Waals surface area contributed by atoms with Gasteiger partial charge in [0.05, 0.1) is 11.4 Å². The number of aryl methyl sites for hydroxylation is 1. The first-order chi connectivity index (χ1) is 10.5. The van der Waals surface area contributed by atoms with E-state index >= 15 is 0 Å². The minimum Gasteiger partial charge on any atom is -0.451 e. The zero-order chi connectivity index (χ0) is 16.1. The molecule has 0 bridgehead atoms. The van der Waals surface area contributed by atoms with Gasteiger partial charge >= 0.3 is 5.97 Å². The predicted octanol–water partition coefficient (Wildman–Crippen LogP) is 1.26. The predicted molar refractivity (Wildman–Crippen MR) is 79.7 cm³/mol. The first kappa shape index (κ1) is 15.7. The van der Waals surface area contributed by atoms with Crippen molar-refractivity contribution in [2.45, 2.75) is 26.8 Å². The van der Waals surface area contributed by atoms with E-state index in [1.54, 1.807) is 6.92 Å². The summed E-state index contributed by atoms with van der Waals surface area (Å²) in [6.45, 7) is 4.98. The van der Waals surface area contributed by atoms with Crippen molar-refractivity contribution in [2.75, 3.05) is 6.61 Å². The monoisotopic (exact) mass is 302 g/mol. The average molecular weight is 302 g/mol. The van der Waals surface area contributed by atoms with Crippen LogP contribution in [0.4, 0.5) is 0 Å². The second-order valence-electron chi connectivity index (χ2n) is 5.06. The molecule has 0 fully saturated rings. The Hall–Kier alpha value is -2.70. The van der Waals surface area contributed by atoms with Gasteiger partial charge in [-0.3, -0.25) is 4.79 Å². The maximum atomic E-state index is 12.0. The van der Waals surface area contributed by atoms with Crippen LogP contribution >= 0.6 is 0 Å². The van der Waals surface area contributed by atoms with Crippen LogP contribution < -0.4 is 5.32 Å². The fraction of sp³-hybridized carbons (Fsp3) is 0.333. The van der Waals surface area contributed by atoms with Crippen molar-refractivity contribution in [3.63, 3.8) is 0 Å². The lowest BCUT2D eigenvalue weighted by Gasteiger charge is -2.08. The molecule has 0 aliphatic rings.